The molecule has 2 rings (SSSR count). The van der Waals surface area contributed by atoms with E-state index in [1.807, 2.05) is 30.3 Å². The molecular weight excluding hydrogens is 230 g/mol. The van der Waals surface area contributed by atoms with Crippen molar-refractivity contribution in [2.45, 2.75) is 6.54 Å². The maximum atomic E-state index is 5.50. The van der Waals surface area contributed by atoms with Crippen LogP contribution in [0, 0.1) is 0 Å². The predicted octanol–water partition coefficient (Wildman–Crippen LogP) is 2.51. The van der Waals surface area contributed by atoms with Crippen LogP contribution in [0.2, 0.25) is 0 Å². The molecule has 0 atom stereocenters. The first-order valence-corrected chi connectivity index (χ1v) is 5.70. The van der Waals surface area contributed by atoms with E-state index >= 15 is 0 Å². The molecule has 0 aromatic heterocycles. The van der Waals surface area contributed by atoms with Gasteiger partial charge < -0.3 is 14.3 Å². The Morgan fingerprint density at radius 1 is 0.944 bits per heavy atom. The average Bonchev–Trinajstić information content (AvgIpc) is 2.43. The lowest BCUT2D eigenvalue weighted by Gasteiger charge is -2.13. The van der Waals surface area contributed by atoms with E-state index in [1.54, 1.807) is 21.3 Å². The van der Waals surface area contributed by atoms with Crippen molar-refractivity contribution in [2.75, 3.05) is 21.3 Å². The number of ether oxygens (including phenoxy) is 2. The largest absolute Gasteiger partial charge is 0.496 e. The minimum atomic E-state index is 0.590. The van der Waals surface area contributed by atoms with E-state index in [9.17, 15) is 0 Å². The first kappa shape index (κ1) is 12.7. The maximum absolute atomic E-state index is 5.50. The Bertz CT molecular complexity index is 540. The third-order valence-electron chi connectivity index (χ3n) is 2.88. The number of benzene rings is 2. The van der Waals surface area contributed by atoms with Crippen LogP contribution in [-0.4, -0.2) is 21.3 Å². The van der Waals surface area contributed by atoms with Crippen molar-refractivity contribution in [3.05, 3.63) is 35.9 Å². The van der Waals surface area contributed by atoms with Crippen molar-refractivity contribution in [2.24, 2.45) is 0 Å². The smallest absolute Gasteiger partial charge is 0.131 e. The molecule has 0 amide bonds. The zero-order valence-corrected chi connectivity index (χ0v) is 10.8. The van der Waals surface area contributed by atoms with Crippen molar-refractivity contribution >= 4 is 10.8 Å². The lowest BCUT2D eigenvalue weighted by molar-refractivity contribution is 0.0862. The molecule has 0 spiro atoms. The zero-order chi connectivity index (χ0) is 13.0. The summed E-state index contributed by atoms with van der Waals surface area (Å²) in [6, 6.07) is 9.96. The van der Waals surface area contributed by atoms with Gasteiger partial charge in [-0.2, -0.15) is 5.48 Å². The fourth-order valence-corrected chi connectivity index (χ4v) is 2.05. The topological polar surface area (TPSA) is 39.7 Å². The molecule has 96 valence electrons. The van der Waals surface area contributed by atoms with Crippen molar-refractivity contribution in [1.82, 2.24) is 5.48 Å². The summed E-state index contributed by atoms with van der Waals surface area (Å²) in [5.74, 6) is 1.69. The normalized spacial score (nSPS) is 10.6. The van der Waals surface area contributed by atoms with Crippen LogP contribution < -0.4 is 15.0 Å². The Kier molecular flexibility index (Phi) is 4.02. The van der Waals surface area contributed by atoms with Gasteiger partial charge in [0.15, 0.2) is 0 Å². The van der Waals surface area contributed by atoms with Crippen LogP contribution in [0.3, 0.4) is 0 Å². The molecule has 4 heteroatoms. The summed E-state index contributed by atoms with van der Waals surface area (Å²) in [7, 11) is 4.93. The Balaban J connectivity index is 2.57. The summed E-state index contributed by atoms with van der Waals surface area (Å²) >= 11 is 0. The van der Waals surface area contributed by atoms with Crippen LogP contribution in [0.15, 0.2) is 30.3 Å². The Morgan fingerprint density at radius 3 is 2.44 bits per heavy atom. The summed E-state index contributed by atoms with van der Waals surface area (Å²) in [6.07, 6.45) is 0. The van der Waals surface area contributed by atoms with E-state index in [4.69, 9.17) is 14.3 Å². The molecule has 0 heterocycles. The van der Waals surface area contributed by atoms with Gasteiger partial charge in [0, 0.05) is 22.9 Å². The monoisotopic (exact) mass is 247 g/mol. The number of hydrogen-bond acceptors (Lipinski definition) is 4. The third kappa shape index (κ3) is 2.25. The Morgan fingerprint density at radius 2 is 1.78 bits per heavy atom. The summed E-state index contributed by atoms with van der Waals surface area (Å²) in [5.41, 5.74) is 3.86. The number of methoxy groups -OCH3 is 2. The molecule has 0 radical (unpaired) electrons. The van der Waals surface area contributed by atoms with Crippen molar-refractivity contribution in [3.8, 4) is 11.5 Å². The fourth-order valence-electron chi connectivity index (χ4n) is 2.05. The van der Waals surface area contributed by atoms with E-state index < -0.39 is 0 Å². The molecule has 18 heavy (non-hydrogen) atoms. The van der Waals surface area contributed by atoms with E-state index in [0.29, 0.717) is 6.54 Å². The summed E-state index contributed by atoms with van der Waals surface area (Å²) in [4.78, 5) is 4.87. The van der Waals surface area contributed by atoms with Crippen LogP contribution in [0.25, 0.3) is 10.8 Å². The Hall–Kier alpha value is -1.78. The maximum Gasteiger partial charge on any atom is 0.131 e. The van der Waals surface area contributed by atoms with E-state index in [1.165, 1.54) is 0 Å². The average molecular weight is 247 g/mol. The minimum Gasteiger partial charge on any atom is -0.496 e. The molecule has 0 bridgehead atoms. The Labute approximate surface area is 106 Å². The van der Waals surface area contributed by atoms with Gasteiger partial charge in [-0.15, -0.1) is 0 Å². The number of hydrogen-bond donors (Lipinski definition) is 1. The van der Waals surface area contributed by atoms with Crippen LogP contribution in [-0.2, 0) is 11.4 Å². The molecule has 0 saturated carbocycles. The molecule has 0 aliphatic carbocycles. The first-order chi connectivity index (χ1) is 8.81. The first-order valence-electron chi connectivity index (χ1n) is 5.70. The molecule has 2 aromatic rings. The second-order valence-electron chi connectivity index (χ2n) is 3.84. The number of nitrogens with one attached hydrogen (secondary N) is 1. The van der Waals surface area contributed by atoms with Gasteiger partial charge >= 0.3 is 0 Å². The van der Waals surface area contributed by atoms with Gasteiger partial charge in [0.1, 0.15) is 11.5 Å². The second kappa shape index (κ2) is 5.71. The van der Waals surface area contributed by atoms with Gasteiger partial charge in [-0.25, -0.2) is 0 Å². The number of rotatable bonds is 5. The number of fused-ring (bicyclic) bond motifs is 1. The van der Waals surface area contributed by atoms with E-state index in [0.717, 1.165) is 27.8 Å². The van der Waals surface area contributed by atoms with E-state index in [2.05, 4.69) is 5.48 Å². The quantitative estimate of drug-likeness (QED) is 0.824. The van der Waals surface area contributed by atoms with Crippen LogP contribution in [0.5, 0.6) is 11.5 Å². The van der Waals surface area contributed by atoms with Crippen LogP contribution in [0.4, 0.5) is 0 Å². The SMILES string of the molecule is CONCc1ccc2c(OC)cccc2c1OC. The van der Waals surface area contributed by atoms with Gasteiger partial charge in [0.2, 0.25) is 0 Å². The molecule has 0 unspecified atom stereocenters. The van der Waals surface area contributed by atoms with Crippen molar-refractivity contribution < 1.29 is 14.3 Å². The molecule has 0 fully saturated rings. The highest BCUT2D eigenvalue weighted by Gasteiger charge is 2.10. The molecular formula is C14H17NO3. The molecule has 1 N–H and O–H groups in total. The molecule has 0 saturated heterocycles. The van der Waals surface area contributed by atoms with Crippen LogP contribution in [0.1, 0.15) is 5.56 Å². The summed E-state index contributed by atoms with van der Waals surface area (Å²) in [5, 5.41) is 2.07. The van der Waals surface area contributed by atoms with Gasteiger partial charge in [-0.05, 0) is 6.07 Å². The fraction of sp³-hybridized carbons (Fsp3) is 0.286. The minimum absolute atomic E-state index is 0.590. The van der Waals surface area contributed by atoms with Gasteiger partial charge in [0.05, 0.1) is 21.3 Å². The highest BCUT2D eigenvalue weighted by Crippen LogP contribution is 2.34. The highest BCUT2D eigenvalue weighted by atomic mass is 16.6. The molecule has 4 nitrogen and oxygen atoms in total. The summed E-state index contributed by atoms with van der Waals surface area (Å²) in [6.45, 7) is 0.590. The van der Waals surface area contributed by atoms with Crippen molar-refractivity contribution in [1.29, 1.82) is 0 Å². The standard InChI is InChI=1S/C14H17NO3/c1-16-13-6-4-5-12-11(13)8-7-10(9-15-18-3)14(12)17-2/h4-8,15H,9H2,1-3H3. The zero-order valence-electron chi connectivity index (χ0n) is 10.8. The third-order valence-corrected chi connectivity index (χ3v) is 2.88. The van der Waals surface area contributed by atoms with Gasteiger partial charge in [-0.3, -0.25) is 0 Å². The van der Waals surface area contributed by atoms with Gasteiger partial charge in [0.25, 0.3) is 0 Å². The molecule has 0 aliphatic rings. The van der Waals surface area contributed by atoms with Crippen molar-refractivity contribution in [3.63, 3.8) is 0 Å². The summed E-state index contributed by atoms with van der Waals surface area (Å²) < 4.78 is 10.9. The lowest BCUT2D eigenvalue weighted by Crippen LogP contribution is -2.11. The van der Waals surface area contributed by atoms with Gasteiger partial charge in [-0.1, -0.05) is 24.3 Å². The predicted molar refractivity (Wildman–Crippen MR) is 70.9 cm³/mol. The number of hydroxylamine groups is 1. The van der Waals surface area contributed by atoms with E-state index in [-0.39, 0.29) is 0 Å². The lowest BCUT2D eigenvalue weighted by atomic mass is 10.0. The molecule has 2 aromatic carbocycles. The second-order valence-corrected chi connectivity index (χ2v) is 3.84. The highest BCUT2D eigenvalue weighted by molar-refractivity contribution is 5.94. The van der Waals surface area contributed by atoms with Crippen LogP contribution >= 0.6 is 0 Å². The molecule has 0 aliphatic heterocycles.